The fraction of sp³-hybridized carbons (Fsp3) is 0.750. The van der Waals surface area contributed by atoms with Crippen molar-refractivity contribution in [2.24, 2.45) is 10.4 Å². The zero-order valence-corrected chi connectivity index (χ0v) is 8.80. The average molecular weight is 201 g/mol. The summed E-state index contributed by atoms with van der Waals surface area (Å²) >= 11 is 3.19. The molecule has 0 spiro atoms. The third-order valence-corrected chi connectivity index (χ3v) is 5.23. The Morgan fingerprint density at radius 2 is 2.42 bits per heavy atom. The molecule has 0 amide bonds. The molecule has 12 heavy (non-hydrogen) atoms. The van der Waals surface area contributed by atoms with Crippen LogP contribution in [0.3, 0.4) is 0 Å². The molecule has 1 fully saturated rings. The number of hydrogen-bond donors (Lipinski definition) is 0. The van der Waals surface area contributed by atoms with Crippen molar-refractivity contribution in [3.05, 3.63) is 0 Å². The molecule has 0 radical (unpaired) electrons. The third-order valence-electron chi connectivity index (χ3n) is 2.55. The highest BCUT2D eigenvalue weighted by Gasteiger charge is 2.54. The number of nitrogens with zero attached hydrogens (tertiary/aromatic N) is 1. The first-order valence-corrected chi connectivity index (χ1v) is 5.91. The van der Waals surface area contributed by atoms with Crippen LogP contribution < -0.4 is 0 Å². The molecule has 2 atom stereocenters. The number of hydrogen-bond acceptors (Lipinski definition) is 4. The number of rotatable bonds is 1. The topological polar surface area (TPSA) is 29.4 Å². The minimum atomic E-state index is -0.244. The monoisotopic (exact) mass is 201 g/mol. The smallest absolute Gasteiger partial charge is 0.202 e. The molecule has 0 aromatic rings. The molecule has 2 rings (SSSR count). The van der Waals surface area contributed by atoms with Crippen molar-refractivity contribution >= 4 is 33.7 Å². The van der Waals surface area contributed by atoms with Gasteiger partial charge in [0, 0.05) is 17.5 Å². The molecular formula is C8H11NOS2. The molecule has 66 valence electrons. The maximum absolute atomic E-state index is 11.4. The van der Waals surface area contributed by atoms with E-state index in [9.17, 15) is 4.79 Å². The maximum atomic E-state index is 11.4. The Hall–Kier alpha value is 0.0400. The average Bonchev–Trinajstić information content (AvgIpc) is 2.55. The van der Waals surface area contributed by atoms with Gasteiger partial charge in [-0.25, -0.2) is 0 Å². The molecule has 2 aliphatic rings. The lowest BCUT2D eigenvalue weighted by Gasteiger charge is -2.41. The molecule has 2 aliphatic heterocycles. The fourth-order valence-electron chi connectivity index (χ4n) is 1.42. The van der Waals surface area contributed by atoms with Gasteiger partial charge in [0.1, 0.15) is 0 Å². The van der Waals surface area contributed by atoms with Crippen molar-refractivity contribution in [1.82, 2.24) is 0 Å². The Bertz CT molecular complexity index is 264. The van der Waals surface area contributed by atoms with Crippen LogP contribution >= 0.6 is 23.5 Å². The summed E-state index contributed by atoms with van der Waals surface area (Å²) in [6.07, 6.45) is 0. The molecule has 0 aliphatic carbocycles. The second-order valence-electron chi connectivity index (χ2n) is 3.29. The predicted molar refractivity (Wildman–Crippen MR) is 54.9 cm³/mol. The summed E-state index contributed by atoms with van der Waals surface area (Å²) in [7, 11) is 0. The van der Waals surface area contributed by atoms with E-state index in [2.05, 4.69) is 11.9 Å². The van der Waals surface area contributed by atoms with Gasteiger partial charge in [0.05, 0.1) is 10.5 Å². The first kappa shape index (κ1) is 8.63. The molecule has 2 nitrogen and oxygen atoms in total. The molecule has 0 aromatic carbocycles. The summed E-state index contributed by atoms with van der Waals surface area (Å²) in [6, 6.07) is 0. The Balaban J connectivity index is 2.25. The second-order valence-corrected chi connectivity index (χ2v) is 5.68. The summed E-state index contributed by atoms with van der Waals surface area (Å²) in [5, 5.41) is 1.77. The van der Waals surface area contributed by atoms with Crippen LogP contribution in [-0.2, 0) is 4.79 Å². The zero-order chi connectivity index (χ0) is 8.77. The highest BCUT2D eigenvalue weighted by molar-refractivity contribution is 8.18. The van der Waals surface area contributed by atoms with Crippen LogP contribution in [0.5, 0.6) is 0 Å². The second kappa shape index (κ2) is 2.77. The Morgan fingerprint density at radius 1 is 1.67 bits per heavy atom. The Kier molecular flexibility index (Phi) is 1.99. The van der Waals surface area contributed by atoms with Crippen LogP contribution in [0.25, 0.3) is 0 Å². The molecule has 2 heterocycles. The van der Waals surface area contributed by atoms with E-state index >= 15 is 0 Å². The number of thioether (sulfide) groups is 2. The molecule has 4 heteroatoms. The van der Waals surface area contributed by atoms with E-state index in [4.69, 9.17) is 0 Å². The van der Waals surface area contributed by atoms with Crippen molar-refractivity contribution < 1.29 is 4.79 Å². The highest BCUT2D eigenvalue weighted by atomic mass is 32.2. The van der Waals surface area contributed by atoms with Crippen LogP contribution in [0, 0.1) is 5.41 Å². The van der Waals surface area contributed by atoms with Gasteiger partial charge in [-0.15, -0.1) is 11.8 Å². The zero-order valence-electron chi connectivity index (χ0n) is 7.16. The molecule has 0 unspecified atom stereocenters. The minimum absolute atomic E-state index is 0.244. The lowest BCUT2D eigenvalue weighted by atomic mass is 9.88. The number of aliphatic imine (C=N–C) groups is 1. The van der Waals surface area contributed by atoms with Gasteiger partial charge < -0.3 is 0 Å². The number of carbonyl (C=O) groups is 1. The summed E-state index contributed by atoms with van der Waals surface area (Å²) < 4.78 is 0. The van der Waals surface area contributed by atoms with Crippen molar-refractivity contribution in [1.29, 1.82) is 0 Å². The SMILES string of the molecule is C[C@@H]1SC(=O)[C@]1(C)C1=NCCS1. The predicted octanol–water partition coefficient (Wildman–Crippen LogP) is 1.80. The van der Waals surface area contributed by atoms with E-state index in [1.807, 2.05) is 6.92 Å². The van der Waals surface area contributed by atoms with Crippen molar-refractivity contribution in [2.75, 3.05) is 12.3 Å². The highest BCUT2D eigenvalue weighted by Crippen LogP contribution is 2.50. The first-order chi connectivity index (χ1) is 5.65. The lowest BCUT2D eigenvalue weighted by molar-refractivity contribution is -0.117. The van der Waals surface area contributed by atoms with Gasteiger partial charge in [0.25, 0.3) is 0 Å². The van der Waals surface area contributed by atoms with Gasteiger partial charge in [-0.2, -0.15) is 0 Å². The molecule has 1 saturated heterocycles. The minimum Gasteiger partial charge on any atom is -0.286 e. The van der Waals surface area contributed by atoms with E-state index in [0.717, 1.165) is 17.3 Å². The van der Waals surface area contributed by atoms with E-state index in [0.29, 0.717) is 10.4 Å². The van der Waals surface area contributed by atoms with Gasteiger partial charge in [-0.1, -0.05) is 18.7 Å². The quantitative estimate of drug-likeness (QED) is 0.648. The Morgan fingerprint density at radius 3 is 2.83 bits per heavy atom. The molecule has 0 aromatic heterocycles. The summed E-state index contributed by atoms with van der Waals surface area (Å²) in [6.45, 7) is 5.02. The van der Waals surface area contributed by atoms with Gasteiger partial charge >= 0.3 is 0 Å². The summed E-state index contributed by atoms with van der Waals surface area (Å²) in [5.41, 5.74) is -0.244. The van der Waals surface area contributed by atoms with E-state index in [-0.39, 0.29) is 5.41 Å². The van der Waals surface area contributed by atoms with Crippen molar-refractivity contribution in [2.45, 2.75) is 19.1 Å². The normalized spacial score (nSPS) is 41.0. The van der Waals surface area contributed by atoms with Crippen LogP contribution in [0.1, 0.15) is 13.8 Å². The standard InChI is InChI=1S/C8H11NOS2/c1-5-8(2,7(10)12-5)6-9-3-4-11-6/h5H,3-4H2,1-2H3/t5-,8-/m0/s1. The van der Waals surface area contributed by atoms with Crippen LogP contribution in [0.2, 0.25) is 0 Å². The van der Waals surface area contributed by atoms with Gasteiger partial charge in [-0.3, -0.25) is 9.79 Å². The van der Waals surface area contributed by atoms with E-state index in [1.165, 1.54) is 11.8 Å². The first-order valence-electron chi connectivity index (χ1n) is 4.04. The molecule has 0 N–H and O–H groups in total. The third kappa shape index (κ3) is 0.973. The van der Waals surface area contributed by atoms with Gasteiger partial charge in [0.2, 0.25) is 5.12 Å². The fourth-order valence-corrected chi connectivity index (χ4v) is 3.79. The van der Waals surface area contributed by atoms with E-state index < -0.39 is 0 Å². The van der Waals surface area contributed by atoms with Gasteiger partial charge in [-0.05, 0) is 6.92 Å². The number of carbonyl (C=O) groups excluding carboxylic acids is 1. The lowest BCUT2D eigenvalue weighted by Crippen LogP contribution is -2.49. The van der Waals surface area contributed by atoms with E-state index in [1.54, 1.807) is 11.8 Å². The van der Waals surface area contributed by atoms with Crippen molar-refractivity contribution in [3.8, 4) is 0 Å². The maximum Gasteiger partial charge on any atom is 0.202 e. The molecular weight excluding hydrogens is 190 g/mol. The van der Waals surface area contributed by atoms with Crippen LogP contribution in [0.15, 0.2) is 4.99 Å². The molecule has 0 saturated carbocycles. The van der Waals surface area contributed by atoms with Crippen molar-refractivity contribution in [3.63, 3.8) is 0 Å². The largest absolute Gasteiger partial charge is 0.286 e. The Labute approximate surface area is 80.6 Å². The summed E-state index contributed by atoms with van der Waals surface area (Å²) in [4.78, 5) is 15.8. The summed E-state index contributed by atoms with van der Waals surface area (Å²) in [5.74, 6) is 1.05. The molecule has 0 bridgehead atoms. The van der Waals surface area contributed by atoms with Crippen LogP contribution in [0.4, 0.5) is 0 Å². The van der Waals surface area contributed by atoms with Gasteiger partial charge in [0.15, 0.2) is 0 Å². The van der Waals surface area contributed by atoms with Crippen LogP contribution in [-0.4, -0.2) is 27.7 Å².